The van der Waals surface area contributed by atoms with Crippen LogP contribution in [0.25, 0.3) is 11.3 Å². The first kappa shape index (κ1) is 12.3. The summed E-state index contributed by atoms with van der Waals surface area (Å²) in [6, 6.07) is 9.02. The van der Waals surface area contributed by atoms with Crippen LogP contribution in [0.1, 0.15) is 17.4 Å². The van der Waals surface area contributed by atoms with E-state index in [2.05, 4.69) is 10.3 Å². The fraction of sp³-hybridized carbons (Fsp3) is 0.250. The Morgan fingerprint density at radius 3 is 2.61 bits per heavy atom. The number of carboxylic acid groups (broad SMARTS) is 1. The number of benzene rings is 1. The number of nitrogens with zero attached hydrogens (tertiary/aromatic N) is 3. The highest BCUT2D eigenvalue weighted by Crippen LogP contribution is 2.22. The molecule has 0 aliphatic heterocycles. The molecule has 94 valence electrons. The van der Waals surface area contributed by atoms with Crippen LogP contribution in [0, 0.1) is 0 Å². The van der Waals surface area contributed by atoms with E-state index in [0.717, 1.165) is 0 Å². The van der Waals surface area contributed by atoms with Gasteiger partial charge in [-0.1, -0.05) is 35.5 Å². The zero-order valence-corrected chi connectivity index (χ0v) is 9.82. The van der Waals surface area contributed by atoms with Crippen molar-refractivity contribution in [3.05, 3.63) is 36.0 Å². The Bertz CT molecular complexity index is 549. The second kappa shape index (κ2) is 4.97. The second-order valence-electron chi connectivity index (χ2n) is 3.99. The average Bonchev–Trinajstić information content (AvgIpc) is 2.73. The van der Waals surface area contributed by atoms with Gasteiger partial charge in [-0.05, 0) is 6.92 Å². The number of aromatic carboxylic acids is 1. The molecular formula is C12H13N3O3. The molecule has 18 heavy (non-hydrogen) atoms. The Morgan fingerprint density at radius 2 is 2.06 bits per heavy atom. The molecule has 6 heteroatoms. The van der Waals surface area contributed by atoms with Crippen LogP contribution in [0.4, 0.5) is 0 Å². The van der Waals surface area contributed by atoms with Crippen molar-refractivity contribution >= 4 is 5.97 Å². The molecule has 1 atom stereocenters. The van der Waals surface area contributed by atoms with E-state index in [-0.39, 0.29) is 12.2 Å². The van der Waals surface area contributed by atoms with E-state index >= 15 is 0 Å². The second-order valence-corrected chi connectivity index (χ2v) is 3.99. The van der Waals surface area contributed by atoms with Crippen molar-refractivity contribution in [3.63, 3.8) is 0 Å². The molecule has 0 fully saturated rings. The van der Waals surface area contributed by atoms with Gasteiger partial charge in [-0.3, -0.25) is 0 Å². The number of carbonyl (C=O) groups is 1. The summed E-state index contributed by atoms with van der Waals surface area (Å²) >= 11 is 0. The first-order valence-electron chi connectivity index (χ1n) is 5.50. The topological polar surface area (TPSA) is 88.2 Å². The van der Waals surface area contributed by atoms with Gasteiger partial charge in [0.2, 0.25) is 0 Å². The van der Waals surface area contributed by atoms with E-state index in [1.54, 1.807) is 31.2 Å². The average molecular weight is 247 g/mol. The molecule has 1 aromatic heterocycles. The molecule has 0 saturated carbocycles. The van der Waals surface area contributed by atoms with Crippen molar-refractivity contribution in [2.45, 2.75) is 19.6 Å². The minimum absolute atomic E-state index is 0.109. The van der Waals surface area contributed by atoms with E-state index in [1.807, 2.05) is 6.07 Å². The van der Waals surface area contributed by atoms with Gasteiger partial charge in [0.05, 0.1) is 12.6 Å². The molecule has 1 aromatic carbocycles. The lowest BCUT2D eigenvalue weighted by Gasteiger charge is -2.08. The summed E-state index contributed by atoms with van der Waals surface area (Å²) in [6.07, 6.45) is -0.629. The minimum Gasteiger partial charge on any atom is -0.476 e. The summed E-state index contributed by atoms with van der Waals surface area (Å²) in [6.45, 7) is 1.81. The normalized spacial score (nSPS) is 12.3. The number of hydrogen-bond acceptors (Lipinski definition) is 4. The van der Waals surface area contributed by atoms with Crippen LogP contribution >= 0.6 is 0 Å². The van der Waals surface area contributed by atoms with Gasteiger partial charge in [-0.25, -0.2) is 9.48 Å². The van der Waals surface area contributed by atoms with Crippen LogP contribution in [0.5, 0.6) is 0 Å². The number of aliphatic hydroxyl groups excluding tert-OH is 1. The maximum absolute atomic E-state index is 11.1. The molecule has 2 N–H and O–H groups in total. The Kier molecular flexibility index (Phi) is 3.38. The molecule has 1 heterocycles. The van der Waals surface area contributed by atoms with Gasteiger partial charge in [-0.2, -0.15) is 0 Å². The summed E-state index contributed by atoms with van der Waals surface area (Å²) < 4.78 is 1.41. The summed E-state index contributed by atoms with van der Waals surface area (Å²) in [4.78, 5) is 11.1. The zero-order chi connectivity index (χ0) is 13.1. The van der Waals surface area contributed by atoms with Gasteiger partial charge in [-0.15, -0.1) is 5.10 Å². The number of aromatic nitrogens is 3. The van der Waals surface area contributed by atoms with Gasteiger partial charge >= 0.3 is 5.97 Å². The standard InChI is InChI=1S/C12H13N3O3/c1-8(16)7-15-11(9-5-3-2-4-6-9)10(12(17)18)13-14-15/h2-6,8,16H,7H2,1H3,(H,17,18). The molecule has 0 amide bonds. The van der Waals surface area contributed by atoms with Gasteiger partial charge in [0, 0.05) is 5.56 Å². The SMILES string of the molecule is CC(O)Cn1nnc(C(=O)O)c1-c1ccccc1. The zero-order valence-electron chi connectivity index (χ0n) is 9.82. The van der Waals surface area contributed by atoms with Gasteiger partial charge in [0.1, 0.15) is 5.69 Å². The van der Waals surface area contributed by atoms with Crippen LogP contribution < -0.4 is 0 Å². The maximum atomic E-state index is 11.1. The fourth-order valence-electron chi connectivity index (χ4n) is 1.72. The van der Waals surface area contributed by atoms with Gasteiger partial charge in [0.15, 0.2) is 5.69 Å². The van der Waals surface area contributed by atoms with Crippen LogP contribution in [-0.2, 0) is 6.54 Å². The van der Waals surface area contributed by atoms with E-state index in [1.165, 1.54) is 4.68 Å². The number of aliphatic hydroxyl groups is 1. The number of hydrogen-bond donors (Lipinski definition) is 2. The highest BCUT2D eigenvalue weighted by molar-refractivity contribution is 5.92. The van der Waals surface area contributed by atoms with E-state index in [4.69, 9.17) is 5.11 Å². The molecule has 0 radical (unpaired) electrons. The quantitative estimate of drug-likeness (QED) is 0.842. The Hall–Kier alpha value is -2.21. The molecule has 2 rings (SSSR count). The summed E-state index contributed by atoms with van der Waals surface area (Å²) in [7, 11) is 0. The van der Waals surface area contributed by atoms with Gasteiger partial charge in [0.25, 0.3) is 0 Å². The molecular weight excluding hydrogens is 234 g/mol. The fourth-order valence-corrected chi connectivity index (χ4v) is 1.72. The molecule has 1 unspecified atom stereocenters. The van der Waals surface area contributed by atoms with E-state index in [9.17, 15) is 9.90 Å². The maximum Gasteiger partial charge on any atom is 0.358 e. The van der Waals surface area contributed by atoms with Crippen LogP contribution in [-0.4, -0.2) is 37.3 Å². The molecule has 0 aliphatic rings. The van der Waals surface area contributed by atoms with Crippen molar-refractivity contribution in [1.82, 2.24) is 15.0 Å². The van der Waals surface area contributed by atoms with Gasteiger partial charge < -0.3 is 10.2 Å². The minimum atomic E-state index is -1.13. The smallest absolute Gasteiger partial charge is 0.358 e. The Morgan fingerprint density at radius 1 is 1.39 bits per heavy atom. The van der Waals surface area contributed by atoms with E-state index < -0.39 is 12.1 Å². The van der Waals surface area contributed by atoms with E-state index in [0.29, 0.717) is 11.3 Å². The molecule has 0 bridgehead atoms. The number of rotatable bonds is 4. The monoisotopic (exact) mass is 247 g/mol. The third-order valence-corrected chi connectivity index (χ3v) is 2.42. The lowest BCUT2D eigenvalue weighted by atomic mass is 10.1. The summed E-state index contributed by atoms with van der Waals surface area (Å²) in [5, 5.41) is 25.9. The summed E-state index contributed by atoms with van der Waals surface area (Å²) in [5.41, 5.74) is 1.01. The predicted molar refractivity (Wildman–Crippen MR) is 64.1 cm³/mol. The highest BCUT2D eigenvalue weighted by atomic mass is 16.4. The van der Waals surface area contributed by atoms with Crippen molar-refractivity contribution in [3.8, 4) is 11.3 Å². The van der Waals surface area contributed by atoms with Crippen LogP contribution in [0.3, 0.4) is 0 Å². The Labute approximate surface area is 103 Å². The lowest BCUT2D eigenvalue weighted by molar-refractivity contribution is 0.0691. The predicted octanol–water partition coefficient (Wildman–Crippen LogP) is 1.02. The molecule has 2 aromatic rings. The van der Waals surface area contributed by atoms with Crippen molar-refractivity contribution in [1.29, 1.82) is 0 Å². The Balaban J connectivity index is 2.54. The van der Waals surface area contributed by atoms with Crippen molar-refractivity contribution in [2.75, 3.05) is 0 Å². The van der Waals surface area contributed by atoms with Crippen molar-refractivity contribution < 1.29 is 15.0 Å². The highest BCUT2D eigenvalue weighted by Gasteiger charge is 2.20. The largest absolute Gasteiger partial charge is 0.476 e. The lowest BCUT2D eigenvalue weighted by Crippen LogP contribution is -2.14. The third-order valence-electron chi connectivity index (χ3n) is 2.42. The summed E-state index contributed by atoms with van der Waals surface area (Å²) in [5.74, 6) is -1.13. The first-order valence-corrected chi connectivity index (χ1v) is 5.50. The molecule has 6 nitrogen and oxygen atoms in total. The molecule has 0 saturated heterocycles. The first-order chi connectivity index (χ1) is 8.59. The number of carboxylic acids is 1. The molecule has 0 spiro atoms. The third kappa shape index (κ3) is 2.38. The van der Waals surface area contributed by atoms with Crippen molar-refractivity contribution in [2.24, 2.45) is 0 Å². The molecule has 0 aliphatic carbocycles. The van der Waals surface area contributed by atoms with Crippen LogP contribution in [0.15, 0.2) is 30.3 Å². The van der Waals surface area contributed by atoms with Crippen LogP contribution in [0.2, 0.25) is 0 Å².